The Morgan fingerprint density at radius 3 is 1.67 bits per heavy atom. The monoisotopic (exact) mass is 356 g/mol. The fraction of sp³-hybridized carbons (Fsp3) is 1.00. The van der Waals surface area contributed by atoms with Crippen LogP contribution in [-0.4, -0.2) is 42.6 Å². The molecule has 0 aliphatic rings. The summed E-state index contributed by atoms with van der Waals surface area (Å²) < 4.78 is 10.8. The maximum Gasteiger partial charge on any atom is 2.00 e. The van der Waals surface area contributed by atoms with Crippen LogP contribution in [-0.2, 0) is 9.47 Å². The first-order valence-electron chi connectivity index (χ1n) is 5.08. The van der Waals surface area contributed by atoms with Crippen LogP contribution in [0.5, 0.6) is 0 Å². The van der Waals surface area contributed by atoms with Gasteiger partial charge in [0.05, 0.1) is 0 Å². The van der Waals surface area contributed by atoms with Crippen LogP contribution in [0, 0.1) is 0 Å². The molecule has 0 N–H and O–H groups in total. The second-order valence-corrected chi connectivity index (χ2v) is 2.84. The molecule has 0 heterocycles. The molecule has 15 heavy (non-hydrogen) atoms. The Labute approximate surface area is 132 Å². The van der Waals surface area contributed by atoms with Crippen LogP contribution in [0.1, 0.15) is 46.5 Å². The smallest absolute Gasteiger partial charge is 1.00 e. The predicted molar refractivity (Wildman–Crippen MR) is 56.9 cm³/mol. The largest absolute Gasteiger partial charge is 2.00 e. The van der Waals surface area contributed by atoms with E-state index in [1.54, 1.807) is 0 Å². The van der Waals surface area contributed by atoms with Crippen LogP contribution in [0.4, 0.5) is 0 Å². The van der Waals surface area contributed by atoms with Gasteiger partial charge in [-0.15, -0.1) is 0 Å². The van der Waals surface area contributed by atoms with Gasteiger partial charge >= 0.3 is 23.1 Å². The van der Waals surface area contributed by atoms with Crippen molar-refractivity contribution in [3.63, 3.8) is 0 Å². The van der Waals surface area contributed by atoms with Crippen LogP contribution in [0.2, 0.25) is 0 Å². The van der Waals surface area contributed by atoms with Crippen molar-refractivity contribution in [2.24, 2.45) is 0 Å². The molecule has 0 saturated carbocycles. The number of hydrogen-bond donors (Lipinski definition) is 0. The average Bonchev–Trinajstić information content (AvgIpc) is 2.06. The third-order valence-corrected chi connectivity index (χ3v) is 1.75. The molecule has 5 heteroatoms. The van der Waals surface area contributed by atoms with E-state index in [9.17, 15) is 0 Å². The summed E-state index contributed by atoms with van der Waals surface area (Å²) >= 11 is 0. The molecule has 0 aliphatic carbocycles. The van der Waals surface area contributed by atoms with Crippen molar-refractivity contribution < 1.29 is 43.4 Å². The number of unbranched alkanes of at least 4 members (excludes halogenated alkanes) is 2. The van der Waals surface area contributed by atoms with E-state index in [2.05, 4.69) is 6.92 Å². The minimum absolute atomic E-state index is 0. The Bertz CT molecular complexity index is 91.5. The molecule has 0 aromatic heterocycles. The third-order valence-electron chi connectivity index (χ3n) is 1.75. The Morgan fingerprint density at radius 2 is 1.33 bits per heavy atom. The number of rotatable bonds is 8. The first kappa shape index (κ1) is 25.5. The zero-order valence-corrected chi connectivity index (χ0v) is 14.7. The van der Waals surface area contributed by atoms with Gasteiger partial charge in [-0.05, 0) is 26.7 Å². The SMILES string of the molecule is CCCCCC(OCC)OCC.[Br-].[Br-].[Mg+2]. The molecular weight excluding hydrogens is 336 g/mol. The van der Waals surface area contributed by atoms with E-state index in [4.69, 9.17) is 9.47 Å². The van der Waals surface area contributed by atoms with Crippen LogP contribution in [0.25, 0.3) is 0 Å². The summed E-state index contributed by atoms with van der Waals surface area (Å²) in [5.41, 5.74) is 0. The molecule has 0 fully saturated rings. The number of hydrogen-bond acceptors (Lipinski definition) is 2. The van der Waals surface area contributed by atoms with Crippen molar-refractivity contribution in [3.8, 4) is 0 Å². The maximum absolute atomic E-state index is 5.41. The summed E-state index contributed by atoms with van der Waals surface area (Å²) in [6, 6.07) is 0. The maximum atomic E-state index is 5.41. The summed E-state index contributed by atoms with van der Waals surface area (Å²) in [6.45, 7) is 7.71. The van der Waals surface area contributed by atoms with Gasteiger partial charge in [0.2, 0.25) is 0 Å². The average molecular weight is 358 g/mol. The van der Waals surface area contributed by atoms with Crippen molar-refractivity contribution >= 4 is 23.1 Å². The van der Waals surface area contributed by atoms with Crippen molar-refractivity contribution in [2.75, 3.05) is 13.2 Å². The Morgan fingerprint density at radius 1 is 0.867 bits per heavy atom. The molecule has 0 saturated heterocycles. The van der Waals surface area contributed by atoms with Gasteiger partial charge in [-0.3, -0.25) is 0 Å². The summed E-state index contributed by atoms with van der Waals surface area (Å²) in [5.74, 6) is 0. The molecular formula is C10H22Br2MgO2. The van der Waals surface area contributed by atoms with E-state index in [0.717, 1.165) is 19.6 Å². The zero-order chi connectivity index (χ0) is 9.23. The van der Waals surface area contributed by atoms with Gasteiger partial charge in [-0.1, -0.05) is 19.8 Å². The molecule has 0 spiro atoms. The van der Waals surface area contributed by atoms with E-state index in [0.29, 0.717) is 0 Å². The van der Waals surface area contributed by atoms with E-state index in [1.807, 2.05) is 13.8 Å². The van der Waals surface area contributed by atoms with Crippen LogP contribution in [0.3, 0.4) is 0 Å². The second kappa shape index (κ2) is 21.0. The predicted octanol–water partition coefficient (Wildman–Crippen LogP) is -3.41. The standard InChI is InChI=1S/C10H22O2.2BrH.Mg/c1-4-7-8-9-10(11-5-2)12-6-3;;;/h10H,4-9H2,1-3H3;2*1H;/q;;;+2/p-2. The quantitative estimate of drug-likeness (QED) is 0.256. The molecule has 0 rings (SSSR count). The van der Waals surface area contributed by atoms with Crippen molar-refractivity contribution in [3.05, 3.63) is 0 Å². The van der Waals surface area contributed by atoms with Crippen molar-refractivity contribution in [2.45, 2.75) is 52.7 Å². The zero-order valence-electron chi connectivity index (χ0n) is 10.1. The second-order valence-electron chi connectivity index (χ2n) is 2.84. The normalized spacial score (nSPS) is 8.80. The van der Waals surface area contributed by atoms with Crippen LogP contribution >= 0.6 is 0 Å². The summed E-state index contributed by atoms with van der Waals surface area (Å²) in [5, 5.41) is 0. The minimum atomic E-state index is 0. The Kier molecular flexibility index (Phi) is 35.7. The van der Waals surface area contributed by atoms with Gasteiger partial charge in [-0.2, -0.15) is 0 Å². The van der Waals surface area contributed by atoms with E-state index in [1.165, 1.54) is 19.3 Å². The number of halogens is 2. The van der Waals surface area contributed by atoms with Gasteiger partial charge < -0.3 is 43.4 Å². The van der Waals surface area contributed by atoms with E-state index in [-0.39, 0.29) is 63.3 Å². The first-order valence-corrected chi connectivity index (χ1v) is 5.08. The molecule has 0 radical (unpaired) electrons. The van der Waals surface area contributed by atoms with Gasteiger partial charge in [0.1, 0.15) is 0 Å². The first-order chi connectivity index (χ1) is 5.85. The summed E-state index contributed by atoms with van der Waals surface area (Å²) in [7, 11) is 0. The topological polar surface area (TPSA) is 18.5 Å². The molecule has 90 valence electrons. The Hall–Kier alpha value is 1.65. The van der Waals surface area contributed by atoms with E-state index >= 15 is 0 Å². The minimum Gasteiger partial charge on any atom is -1.00 e. The molecule has 0 unspecified atom stereocenters. The van der Waals surface area contributed by atoms with E-state index < -0.39 is 0 Å². The van der Waals surface area contributed by atoms with Gasteiger partial charge in [0, 0.05) is 13.2 Å². The van der Waals surface area contributed by atoms with Crippen LogP contribution < -0.4 is 34.0 Å². The van der Waals surface area contributed by atoms with Crippen molar-refractivity contribution in [1.82, 2.24) is 0 Å². The van der Waals surface area contributed by atoms with Gasteiger partial charge in [-0.25, -0.2) is 0 Å². The van der Waals surface area contributed by atoms with Gasteiger partial charge in [0.15, 0.2) is 6.29 Å². The summed E-state index contributed by atoms with van der Waals surface area (Å²) in [4.78, 5) is 0. The number of ether oxygens (including phenoxy) is 2. The molecule has 0 aromatic rings. The van der Waals surface area contributed by atoms with Crippen molar-refractivity contribution in [1.29, 1.82) is 0 Å². The van der Waals surface area contributed by atoms with Crippen LogP contribution in [0.15, 0.2) is 0 Å². The molecule has 0 bridgehead atoms. The third kappa shape index (κ3) is 18.2. The molecule has 2 nitrogen and oxygen atoms in total. The van der Waals surface area contributed by atoms with Gasteiger partial charge in [0.25, 0.3) is 0 Å². The Balaban J connectivity index is -0.000000202. The molecule has 0 amide bonds. The fourth-order valence-electron chi connectivity index (χ4n) is 1.15. The molecule has 0 atom stereocenters. The molecule has 0 aliphatic heterocycles. The molecule has 0 aromatic carbocycles. The summed E-state index contributed by atoms with van der Waals surface area (Å²) in [6.07, 6.45) is 4.81. The fourth-order valence-corrected chi connectivity index (χ4v) is 1.15.